The molecule has 1 aromatic heterocycles. The number of allylic oxidation sites excluding steroid dienone is 1. The lowest BCUT2D eigenvalue weighted by Crippen LogP contribution is -2.16. The van der Waals surface area contributed by atoms with Crippen molar-refractivity contribution < 1.29 is 9.53 Å². The lowest BCUT2D eigenvalue weighted by atomic mass is 9.88. The Labute approximate surface area is 165 Å². The van der Waals surface area contributed by atoms with Gasteiger partial charge in [-0.2, -0.15) is 0 Å². The van der Waals surface area contributed by atoms with Crippen molar-refractivity contribution in [1.82, 2.24) is 4.98 Å². The third-order valence-electron chi connectivity index (χ3n) is 5.30. The zero-order valence-corrected chi connectivity index (χ0v) is 16.0. The minimum absolute atomic E-state index is 0.234. The maximum atomic E-state index is 12.6. The molecule has 1 N–H and O–H groups in total. The van der Waals surface area contributed by atoms with Crippen molar-refractivity contribution in [2.24, 2.45) is 5.92 Å². The molecule has 4 rings (SSSR count). The number of para-hydroxylation sites is 1. The molecule has 1 saturated carbocycles. The van der Waals surface area contributed by atoms with Gasteiger partial charge in [0.25, 0.3) is 0 Å². The maximum absolute atomic E-state index is 12.6. The average Bonchev–Trinajstić information content (AvgIpc) is 3.14. The molecule has 1 fully saturated rings. The standard InChI is InChI=1S/C25H25NO2/c27-25(18-22-17-21-13-7-8-14-23(21)26-22)28-24(20-11-5-2-6-12-20)16-15-19-9-3-1-4-10-19/h1,3-4,7-10,13-15,17,20,26H,2,5-6,11-12,18H2. The van der Waals surface area contributed by atoms with Crippen LogP contribution in [0.15, 0.2) is 72.2 Å². The number of aromatic amines is 1. The number of nitrogens with one attached hydrogen (secondary N) is 1. The molecular formula is C25H25NO2. The van der Waals surface area contributed by atoms with Gasteiger partial charge in [-0.05, 0) is 42.0 Å². The topological polar surface area (TPSA) is 42.1 Å². The number of hydrogen-bond acceptors (Lipinski definition) is 2. The normalized spacial score (nSPS) is 14.4. The van der Waals surface area contributed by atoms with Crippen molar-refractivity contribution in [2.75, 3.05) is 0 Å². The number of H-pyrrole nitrogens is 1. The Hall–Kier alpha value is -3.03. The van der Waals surface area contributed by atoms with Gasteiger partial charge in [0.15, 0.2) is 5.76 Å². The van der Waals surface area contributed by atoms with E-state index < -0.39 is 0 Å². The van der Waals surface area contributed by atoms with Crippen molar-refractivity contribution in [1.29, 1.82) is 0 Å². The van der Waals surface area contributed by atoms with Crippen molar-refractivity contribution in [2.45, 2.75) is 38.5 Å². The average molecular weight is 371 g/mol. The predicted octanol–water partition coefficient (Wildman–Crippen LogP) is 6.03. The highest BCUT2D eigenvalue weighted by molar-refractivity contribution is 5.82. The Kier molecular flexibility index (Phi) is 5.75. The molecule has 3 nitrogen and oxygen atoms in total. The Balaban J connectivity index is 1.52. The molecule has 2 aromatic carbocycles. The summed E-state index contributed by atoms with van der Waals surface area (Å²) in [5.41, 5.74) is 6.26. The van der Waals surface area contributed by atoms with Crippen LogP contribution in [0.3, 0.4) is 0 Å². The molecule has 0 atom stereocenters. The minimum atomic E-state index is -0.235. The van der Waals surface area contributed by atoms with Gasteiger partial charge in [0.2, 0.25) is 0 Å². The molecule has 1 aliphatic rings. The summed E-state index contributed by atoms with van der Waals surface area (Å²) in [7, 11) is 0. The van der Waals surface area contributed by atoms with Gasteiger partial charge in [-0.3, -0.25) is 4.79 Å². The van der Waals surface area contributed by atoms with E-state index in [1.165, 1.54) is 19.3 Å². The van der Waals surface area contributed by atoms with Crippen LogP contribution >= 0.6 is 0 Å². The summed E-state index contributed by atoms with van der Waals surface area (Å²) in [6, 6.07) is 20.1. The van der Waals surface area contributed by atoms with Crippen molar-refractivity contribution in [3.05, 3.63) is 83.4 Å². The first kappa shape index (κ1) is 18.3. The summed E-state index contributed by atoms with van der Waals surface area (Å²) < 4.78 is 5.83. The summed E-state index contributed by atoms with van der Waals surface area (Å²) in [6.45, 7) is 0. The Bertz CT molecular complexity index is 970. The third-order valence-corrected chi connectivity index (χ3v) is 5.30. The Morgan fingerprint density at radius 2 is 1.79 bits per heavy atom. The van der Waals surface area contributed by atoms with Gasteiger partial charge in [-0.15, -0.1) is 0 Å². The fourth-order valence-electron chi connectivity index (χ4n) is 3.84. The second-order valence-electron chi connectivity index (χ2n) is 7.43. The molecule has 0 radical (unpaired) electrons. The molecule has 0 bridgehead atoms. The predicted molar refractivity (Wildman–Crippen MR) is 113 cm³/mol. The first-order valence-corrected chi connectivity index (χ1v) is 10.1. The lowest BCUT2D eigenvalue weighted by Gasteiger charge is -2.22. The van der Waals surface area contributed by atoms with Crippen LogP contribution in [-0.2, 0) is 16.0 Å². The lowest BCUT2D eigenvalue weighted by molar-refractivity contribution is -0.139. The minimum Gasteiger partial charge on any atom is -0.422 e. The molecule has 0 saturated heterocycles. The summed E-state index contributed by atoms with van der Waals surface area (Å²) in [4.78, 5) is 15.9. The summed E-state index contributed by atoms with van der Waals surface area (Å²) in [6.07, 6.45) is 7.89. The molecule has 0 unspecified atom stereocenters. The number of carbonyl (C=O) groups is 1. The Morgan fingerprint density at radius 1 is 1.04 bits per heavy atom. The first-order chi connectivity index (χ1) is 13.8. The SMILES string of the molecule is O=C(Cc1cc2ccccc2[nH]1)OC(=C=Cc1ccccc1)C1CCCCC1. The van der Waals surface area contributed by atoms with Crippen LogP contribution in [0.2, 0.25) is 0 Å². The quantitative estimate of drug-likeness (QED) is 0.338. The second kappa shape index (κ2) is 8.77. The van der Waals surface area contributed by atoms with E-state index in [0.717, 1.165) is 35.0 Å². The van der Waals surface area contributed by atoms with E-state index in [9.17, 15) is 4.79 Å². The van der Waals surface area contributed by atoms with E-state index in [1.807, 2.05) is 66.7 Å². The van der Waals surface area contributed by atoms with Gasteiger partial charge in [-0.1, -0.05) is 73.5 Å². The van der Waals surface area contributed by atoms with E-state index in [1.54, 1.807) is 0 Å². The van der Waals surface area contributed by atoms with E-state index >= 15 is 0 Å². The fraction of sp³-hybridized carbons (Fsp3) is 0.280. The van der Waals surface area contributed by atoms with Gasteiger partial charge in [0.05, 0.1) is 6.42 Å². The van der Waals surface area contributed by atoms with Crippen LogP contribution in [-0.4, -0.2) is 11.0 Å². The molecule has 28 heavy (non-hydrogen) atoms. The zero-order valence-electron chi connectivity index (χ0n) is 16.0. The number of ether oxygens (including phenoxy) is 1. The van der Waals surface area contributed by atoms with Crippen LogP contribution in [0.25, 0.3) is 17.0 Å². The number of fused-ring (bicyclic) bond motifs is 1. The third kappa shape index (κ3) is 4.62. The second-order valence-corrected chi connectivity index (χ2v) is 7.43. The van der Waals surface area contributed by atoms with Crippen molar-refractivity contribution in [3.8, 4) is 0 Å². The maximum Gasteiger partial charge on any atom is 0.317 e. The smallest absolute Gasteiger partial charge is 0.317 e. The molecule has 142 valence electrons. The van der Waals surface area contributed by atoms with Crippen LogP contribution in [0.5, 0.6) is 0 Å². The highest BCUT2D eigenvalue weighted by Gasteiger charge is 2.21. The molecule has 3 heteroatoms. The highest BCUT2D eigenvalue weighted by atomic mass is 16.5. The van der Waals surface area contributed by atoms with Gasteiger partial charge in [0, 0.05) is 17.1 Å². The molecule has 0 spiro atoms. The summed E-state index contributed by atoms with van der Waals surface area (Å²) in [5, 5.41) is 1.11. The van der Waals surface area contributed by atoms with Crippen LogP contribution in [0.4, 0.5) is 0 Å². The van der Waals surface area contributed by atoms with E-state index in [-0.39, 0.29) is 18.3 Å². The summed E-state index contributed by atoms with van der Waals surface area (Å²) in [5.74, 6) is 0.728. The molecule has 0 amide bonds. The monoisotopic (exact) mass is 371 g/mol. The first-order valence-electron chi connectivity index (χ1n) is 10.1. The largest absolute Gasteiger partial charge is 0.422 e. The highest BCUT2D eigenvalue weighted by Crippen LogP contribution is 2.30. The molecule has 0 aliphatic heterocycles. The fourth-order valence-corrected chi connectivity index (χ4v) is 3.84. The van der Waals surface area contributed by atoms with Crippen LogP contribution in [0, 0.1) is 5.92 Å². The van der Waals surface area contributed by atoms with E-state index in [2.05, 4.69) is 10.7 Å². The number of aromatic nitrogens is 1. The number of benzene rings is 2. The summed E-state index contributed by atoms with van der Waals surface area (Å²) >= 11 is 0. The van der Waals surface area contributed by atoms with Gasteiger partial charge >= 0.3 is 5.97 Å². The number of esters is 1. The van der Waals surface area contributed by atoms with Gasteiger partial charge in [0.1, 0.15) is 0 Å². The van der Waals surface area contributed by atoms with Gasteiger partial charge in [-0.25, -0.2) is 0 Å². The molecule has 3 aromatic rings. The number of hydrogen-bond donors (Lipinski definition) is 1. The number of carbonyl (C=O) groups excluding carboxylic acids is 1. The van der Waals surface area contributed by atoms with Crippen molar-refractivity contribution in [3.63, 3.8) is 0 Å². The van der Waals surface area contributed by atoms with E-state index in [0.29, 0.717) is 5.76 Å². The van der Waals surface area contributed by atoms with Crippen LogP contribution in [0.1, 0.15) is 43.4 Å². The molecular weight excluding hydrogens is 346 g/mol. The van der Waals surface area contributed by atoms with Crippen LogP contribution < -0.4 is 0 Å². The van der Waals surface area contributed by atoms with Gasteiger partial charge < -0.3 is 9.72 Å². The van der Waals surface area contributed by atoms with E-state index in [4.69, 9.17) is 4.74 Å². The number of rotatable bonds is 5. The Morgan fingerprint density at radius 3 is 2.57 bits per heavy atom. The molecule has 1 aliphatic carbocycles. The van der Waals surface area contributed by atoms with Crippen molar-refractivity contribution >= 4 is 22.9 Å². The molecule has 1 heterocycles. The zero-order chi connectivity index (χ0) is 19.2.